The third-order valence-electron chi connectivity index (χ3n) is 3.33. The minimum atomic E-state index is -0.282. The number of ketones is 1. The Labute approximate surface area is 124 Å². The van der Waals surface area contributed by atoms with Gasteiger partial charge in [-0.1, -0.05) is 6.07 Å². The molecule has 21 heavy (non-hydrogen) atoms. The van der Waals surface area contributed by atoms with E-state index in [0.29, 0.717) is 5.56 Å². The number of likely N-dealkylation sites (N-methyl/N-ethyl adjacent to an activating group) is 1. The van der Waals surface area contributed by atoms with Crippen LogP contribution in [0.4, 0.5) is 5.69 Å². The average molecular weight is 285 g/mol. The number of benzene rings is 2. The van der Waals surface area contributed by atoms with Crippen molar-refractivity contribution in [1.29, 1.82) is 0 Å². The number of phenolic OH excluding ortho intramolecular Hbond substituents is 2. The van der Waals surface area contributed by atoms with E-state index >= 15 is 0 Å². The highest BCUT2D eigenvalue weighted by Gasteiger charge is 2.12. The van der Waals surface area contributed by atoms with Gasteiger partial charge in [-0.2, -0.15) is 0 Å². The van der Waals surface area contributed by atoms with E-state index in [1.165, 1.54) is 18.2 Å². The van der Waals surface area contributed by atoms with Crippen LogP contribution in [0.15, 0.2) is 36.4 Å². The first-order valence-corrected chi connectivity index (χ1v) is 6.71. The third-order valence-corrected chi connectivity index (χ3v) is 3.33. The minimum Gasteiger partial charge on any atom is -0.504 e. The summed E-state index contributed by atoms with van der Waals surface area (Å²) in [5.41, 5.74) is 3.64. The summed E-state index contributed by atoms with van der Waals surface area (Å²) in [7, 11) is 1.85. The number of Topliss-reactive ketones (excluding diaryl/α,β-unsaturated/α-hetero) is 1. The van der Waals surface area contributed by atoms with Crippen molar-refractivity contribution in [3.8, 4) is 11.5 Å². The Morgan fingerprint density at radius 1 is 1.00 bits per heavy atom. The molecule has 2 aromatic carbocycles. The largest absolute Gasteiger partial charge is 0.504 e. The molecule has 0 aliphatic heterocycles. The van der Waals surface area contributed by atoms with Crippen molar-refractivity contribution in [2.45, 2.75) is 13.8 Å². The van der Waals surface area contributed by atoms with E-state index in [2.05, 4.69) is 6.07 Å². The van der Waals surface area contributed by atoms with Gasteiger partial charge in [-0.25, -0.2) is 0 Å². The molecule has 0 radical (unpaired) electrons. The van der Waals surface area contributed by atoms with E-state index in [4.69, 9.17) is 0 Å². The molecule has 0 bridgehead atoms. The van der Waals surface area contributed by atoms with Gasteiger partial charge in [-0.05, 0) is 55.3 Å². The van der Waals surface area contributed by atoms with Crippen molar-refractivity contribution in [2.24, 2.45) is 0 Å². The van der Waals surface area contributed by atoms with Crippen LogP contribution in [-0.4, -0.2) is 29.6 Å². The number of carbonyl (C=O) groups is 1. The Bertz CT molecular complexity index is 659. The van der Waals surface area contributed by atoms with Crippen molar-refractivity contribution in [3.05, 3.63) is 53.1 Å². The monoisotopic (exact) mass is 285 g/mol. The van der Waals surface area contributed by atoms with Gasteiger partial charge in [0.2, 0.25) is 0 Å². The van der Waals surface area contributed by atoms with Gasteiger partial charge in [-0.15, -0.1) is 0 Å². The predicted molar refractivity (Wildman–Crippen MR) is 83.3 cm³/mol. The first-order chi connectivity index (χ1) is 9.86. The summed E-state index contributed by atoms with van der Waals surface area (Å²) in [5.74, 6) is -0.629. The molecule has 0 heterocycles. The Balaban J connectivity index is 2.16. The summed E-state index contributed by atoms with van der Waals surface area (Å²) < 4.78 is 0. The molecule has 4 nitrogen and oxygen atoms in total. The number of hydrogen-bond donors (Lipinski definition) is 2. The average Bonchev–Trinajstić information content (AvgIpc) is 2.40. The van der Waals surface area contributed by atoms with E-state index in [1.54, 1.807) is 0 Å². The molecular formula is C17H19NO3. The maximum absolute atomic E-state index is 12.2. The van der Waals surface area contributed by atoms with E-state index in [1.807, 2.05) is 37.9 Å². The zero-order valence-corrected chi connectivity index (χ0v) is 12.4. The van der Waals surface area contributed by atoms with Crippen LogP contribution in [-0.2, 0) is 0 Å². The lowest BCUT2D eigenvalue weighted by Gasteiger charge is -2.19. The molecule has 0 aliphatic rings. The number of phenols is 2. The molecule has 0 saturated heterocycles. The van der Waals surface area contributed by atoms with E-state index < -0.39 is 0 Å². The number of carbonyl (C=O) groups excluding carboxylic acids is 1. The minimum absolute atomic E-state index is 0.119. The number of hydrogen-bond acceptors (Lipinski definition) is 4. The highest BCUT2D eigenvalue weighted by atomic mass is 16.3. The Morgan fingerprint density at radius 2 is 1.62 bits per heavy atom. The second-order valence-corrected chi connectivity index (χ2v) is 5.33. The summed E-state index contributed by atoms with van der Waals surface area (Å²) in [4.78, 5) is 14.1. The summed E-state index contributed by atoms with van der Waals surface area (Å²) in [6.07, 6.45) is 0. The van der Waals surface area contributed by atoms with Gasteiger partial charge in [0, 0.05) is 18.3 Å². The molecule has 2 rings (SSSR count). The van der Waals surface area contributed by atoms with Crippen molar-refractivity contribution >= 4 is 11.5 Å². The van der Waals surface area contributed by atoms with E-state index in [9.17, 15) is 15.0 Å². The molecular weight excluding hydrogens is 266 g/mol. The maximum atomic E-state index is 12.2. The lowest BCUT2D eigenvalue weighted by atomic mass is 10.1. The smallest absolute Gasteiger partial charge is 0.182 e. The van der Waals surface area contributed by atoms with E-state index in [-0.39, 0.29) is 23.8 Å². The number of nitrogens with zero attached hydrogens (tertiary/aromatic N) is 1. The lowest BCUT2D eigenvalue weighted by molar-refractivity contribution is 0.1000. The van der Waals surface area contributed by atoms with Crippen LogP contribution < -0.4 is 4.90 Å². The third kappa shape index (κ3) is 3.54. The van der Waals surface area contributed by atoms with Gasteiger partial charge in [-0.3, -0.25) is 4.79 Å². The fraction of sp³-hybridized carbons (Fsp3) is 0.235. The van der Waals surface area contributed by atoms with Crippen LogP contribution in [0, 0.1) is 13.8 Å². The predicted octanol–water partition coefficient (Wildman–Crippen LogP) is 3.03. The van der Waals surface area contributed by atoms with Crippen molar-refractivity contribution in [2.75, 3.05) is 18.5 Å². The standard InChI is InChI=1S/C17H19NO3/c1-11-6-12(2)8-14(7-11)18(3)10-17(21)13-4-5-15(19)16(20)9-13/h4-9,19-20H,10H2,1-3H3. The van der Waals surface area contributed by atoms with Crippen LogP contribution in [0.5, 0.6) is 11.5 Å². The molecule has 110 valence electrons. The van der Waals surface area contributed by atoms with Crippen LogP contribution in [0.2, 0.25) is 0 Å². The number of aryl methyl sites for hydroxylation is 2. The summed E-state index contributed by atoms with van der Waals surface area (Å²) >= 11 is 0. The maximum Gasteiger partial charge on any atom is 0.182 e. The quantitative estimate of drug-likeness (QED) is 0.669. The molecule has 4 heteroatoms. The number of aromatic hydroxyl groups is 2. The van der Waals surface area contributed by atoms with E-state index in [0.717, 1.165) is 16.8 Å². The van der Waals surface area contributed by atoms with Gasteiger partial charge >= 0.3 is 0 Å². The normalized spacial score (nSPS) is 10.4. The highest BCUT2D eigenvalue weighted by molar-refractivity contribution is 5.99. The topological polar surface area (TPSA) is 60.8 Å². The van der Waals surface area contributed by atoms with Crippen molar-refractivity contribution < 1.29 is 15.0 Å². The second-order valence-electron chi connectivity index (χ2n) is 5.33. The highest BCUT2D eigenvalue weighted by Crippen LogP contribution is 2.25. The van der Waals surface area contributed by atoms with Crippen LogP contribution in [0.25, 0.3) is 0 Å². The fourth-order valence-electron chi connectivity index (χ4n) is 2.27. The van der Waals surface area contributed by atoms with Crippen LogP contribution in [0.3, 0.4) is 0 Å². The Hall–Kier alpha value is -2.49. The molecule has 0 atom stereocenters. The Morgan fingerprint density at radius 3 is 2.19 bits per heavy atom. The lowest BCUT2D eigenvalue weighted by Crippen LogP contribution is -2.25. The zero-order chi connectivity index (χ0) is 15.6. The zero-order valence-electron chi connectivity index (χ0n) is 12.4. The first kappa shape index (κ1) is 14.9. The molecule has 2 N–H and O–H groups in total. The summed E-state index contributed by atoms with van der Waals surface area (Å²) in [6, 6.07) is 10.2. The molecule has 0 unspecified atom stereocenters. The Kier molecular flexibility index (Phi) is 4.17. The number of anilines is 1. The second kappa shape index (κ2) is 5.87. The van der Waals surface area contributed by atoms with Crippen LogP contribution in [0.1, 0.15) is 21.5 Å². The van der Waals surface area contributed by atoms with Gasteiger partial charge in [0.25, 0.3) is 0 Å². The fourth-order valence-corrected chi connectivity index (χ4v) is 2.27. The van der Waals surface area contributed by atoms with Gasteiger partial charge < -0.3 is 15.1 Å². The van der Waals surface area contributed by atoms with Gasteiger partial charge in [0.05, 0.1) is 6.54 Å². The molecule has 0 aromatic heterocycles. The summed E-state index contributed by atoms with van der Waals surface area (Å²) in [6.45, 7) is 4.24. The van der Waals surface area contributed by atoms with Crippen LogP contribution >= 0.6 is 0 Å². The van der Waals surface area contributed by atoms with Gasteiger partial charge in [0.1, 0.15) is 0 Å². The first-order valence-electron chi connectivity index (χ1n) is 6.71. The van der Waals surface area contributed by atoms with Crippen molar-refractivity contribution in [1.82, 2.24) is 0 Å². The number of rotatable bonds is 4. The molecule has 0 saturated carbocycles. The summed E-state index contributed by atoms with van der Waals surface area (Å²) in [5, 5.41) is 18.7. The molecule has 0 fully saturated rings. The molecule has 0 aliphatic carbocycles. The SMILES string of the molecule is Cc1cc(C)cc(N(C)CC(=O)c2ccc(O)c(O)c2)c1. The molecule has 0 spiro atoms. The molecule has 0 amide bonds. The molecule has 2 aromatic rings. The van der Waals surface area contributed by atoms with Crippen molar-refractivity contribution in [3.63, 3.8) is 0 Å². The van der Waals surface area contributed by atoms with Gasteiger partial charge in [0.15, 0.2) is 17.3 Å².